The lowest BCUT2D eigenvalue weighted by atomic mass is 10.1. The van der Waals surface area contributed by atoms with E-state index in [2.05, 4.69) is 0 Å². The van der Waals surface area contributed by atoms with E-state index in [0.717, 1.165) is 11.1 Å². The first-order valence-electron chi connectivity index (χ1n) is 9.19. The zero-order valence-corrected chi connectivity index (χ0v) is 15.7. The van der Waals surface area contributed by atoms with Crippen LogP contribution in [0.5, 0.6) is 0 Å². The molecule has 0 spiro atoms. The Hall–Kier alpha value is -3.06. The molecule has 0 saturated carbocycles. The average Bonchev–Trinajstić information content (AvgIpc) is 3.18. The Labute approximate surface area is 164 Å². The Bertz CT molecular complexity index is 718. The Morgan fingerprint density at radius 3 is 1.64 bits per heavy atom. The number of hydrazine groups is 1. The Balaban J connectivity index is 1.62. The fraction of sp³-hybridized carbons (Fsp3) is 0.333. The van der Waals surface area contributed by atoms with Crippen LogP contribution in [0, 0.1) is 5.92 Å². The molecule has 1 atom stereocenters. The van der Waals surface area contributed by atoms with Gasteiger partial charge in [0.05, 0.1) is 19.2 Å². The van der Waals surface area contributed by atoms with E-state index in [0.29, 0.717) is 0 Å². The van der Waals surface area contributed by atoms with E-state index in [1.54, 1.807) is 6.92 Å². The molecule has 3 rings (SSSR count). The Morgan fingerprint density at radius 2 is 1.29 bits per heavy atom. The maximum Gasteiger partial charge on any atom is 0.429 e. The summed E-state index contributed by atoms with van der Waals surface area (Å²) in [6, 6.07) is 18.6. The number of carbonyl (C=O) groups is 2. The van der Waals surface area contributed by atoms with Crippen molar-refractivity contribution in [3.8, 4) is 0 Å². The third-order valence-electron chi connectivity index (χ3n) is 4.62. The lowest BCUT2D eigenvalue weighted by Crippen LogP contribution is -2.45. The Morgan fingerprint density at radius 1 is 0.893 bits per heavy atom. The number of aliphatic hydroxyl groups excluding tert-OH is 1. The summed E-state index contributed by atoms with van der Waals surface area (Å²) in [6.45, 7) is 2.21. The van der Waals surface area contributed by atoms with E-state index in [-0.39, 0.29) is 32.2 Å². The van der Waals surface area contributed by atoms with Gasteiger partial charge in [-0.25, -0.2) is 19.6 Å². The van der Waals surface area contributed by atoms with Crippen molar-refractivity contribution >= 4 is 12.2 Å². The predicted octanol–water partition coefficient (Wildman–Crippen LogP) is 3.19. The summed E-state index contributed by atoms with van der Waals surface area (Å²) >= 11 is 0. The highest BCUT2D eigenvalue weighted by Gasteiger charge is 2.40. The number of rotatable bonds is 5. The molecule has 0 aromatic heterocycles. The van der Waals surface area contributed by atoms with Crippen molar-refractivity contribution < 1.29 is 24.2 Å². The number of nitrogens with zero attached hydrogens (tertiary/aromatic N) is 2. The summed E-state index contributed by atoms with van der Waals surface area (Å²) in [5, 5.41) is 12.3. The van der Waals surface area contributed by atoms with Crippen molar-refractivity contribution in [3.63, 3.8) is 0 Å². The van der Waals surface area contributed by atoms with Gasteiger partial charge in [0, 0.05) is 5.92 Å². The zero-order chi connectivity index (χ0) is 19.9. The monoisotopic (exact) mass is 384 g/mol. The second kappa shape index (κ2) is 9.23. The van der Waals surface area contributed by atoms with Gasteiger partial charge >= 0.3 is 12.2 Å². The van der Waals surface area contributed by atoms with Gasteiger partial charge in [0.15, 0.2) is 0 Å². The third kappa shape index (κ3) is 5.01. The molecular formula is C21H24N2O5. The molecule has 7 heteroatoms. The summed E-state index contributed by atoms with van der Waals surface area (Å²) in [6.07, 6.45) is -1.97. The van der Waals surface area contributed by atoms with Crippen molar-refractivity contribution in [2.45, 2.75) is 26.2 Å². The highest BCUT2D eigenvalue weighted by molar-refractivity contribution is 5.75. The minimum atomic E-state index is -0.670. The van der Waals surface area contributed by atoms with Crippen molar-refractivity contribution in [2.24, 2.45) is 5.92 Å². The van der Waals surface area contributed by atoms with E-state index < -0.39 is 18.3 Å². The predicted molar refractivity (Wildman–Crippen MR) is 102 cm³/mol. The number of amides is 2. The first-order chi connectivity index (χ1) is 13.5. The topological polar surface area (TPSA) is 79.3 Å². The van der Waals surface area contributed by atoms with Crippen LogP contribution in [0.1, 0.15) is 18.1 Å². The van der Waals surface area contributed by atoms with E-state index in [4.69, 9.17) is 9.47 Å². The Kier molecular flexibility index (Phi) is 6.49. The lowest BCUT2D eigenvalue weighted by molar-refractivity contribution is 0.00184. The van der Waals surface area contributed by atoms with Crippen LogP contribution in [0.3, 0.4) is 0 Å². The summed E-state index contributed by atoms with van der Waals surface area (Å²) in [4.78, 5) is 25.1. The van der Waals surface area contributed by atoms with E-state index in [1.165, 1.54) is 10.0 Å². The van der Waals surface area contributed by atoms with Crippen LogP contribution in [0.25, 0.3) is 0 Å². The molecule has 1 unspecified atom stereocenters. The maximum absolute atomic E-state index is 12.5. The number of hydrogen-bond acceptors (Lipinski definition) is 5. The van der Waals surface area contributed by atoms with Gasteiger partial charge < -0.3 is 14.6 Å². The average molecular weight is 384 g/mol. The fourth-order valence-corrected chi connectivity index (χ4v) is 2.94. The molecule has 2 amide bonds. The molecule has 1 heterocycles. The molecule has 28 heavy (non-hydrogen) atoms. The quantitative estimate of drug-likeness (QED) is 0.856. The van der Waals surface area contributed by atoms with Gasteiger partial charge in [0.2, 0.25) is 0 Å². The molecule has 148 valence electrons. The summed E-state index contributed by atoms with van der Waals surface area (Å²) in [5.74, 6) is -0.270. The normalized spacial score (nSPS) is 15.4. The van der Waals surface area contributed by atoms with Crippen molar-refractivity contribution in [2.75, 3.05) is 13.1 Å². The largest absolute Gasteiger partial charge is 0.443 e. The smallest absolute Gasteiger partial charge is 0.429 e. The van der Waals surface area contributed by atoms with Crippen LogP contribution in [-0.4, -0.2) is 46.5 Å². The van der Waals surface area contributed by atoms with E-state index in [1.807, 2.05) is 60.7 Å². The van der Waals surface area contributed by atoms with Crippen LogP contribution in [0.4, 0.5) is 9.59 Å². The van der Waals surface area contributed by atoms with Gasteiger partial charge in [-0.05, 0) is 18.1 Å². The number of carbonyl (C=O) groups excluding carboxylic acids is 2. The SMILES string of the molecule is CC(O)C1CN(C(=O)OCc2ccccc2)N(C(=O)OCc2ccccc2)C1. The molecule has 1 saturated heterocycles. The molecular weight excluding hydrogens is 360 g/mol. The van der Waals surface area contributed by atoms with Crippen molar-refractivity contribution in [1.82, 2.24) is 10.0 Å². The zero-order valence-electron chi connectivity index (χ0n) is 15.7. The molecule has 0 bridgehead atoms. The molecule has 1 N–H and O–H groups in total. The second-order valence-corrected chi connectivity index (χ2v) is 6.75. The summed E-state index contributed by atoms with van der Waals surface area (Å²) in [5.41, 5.74) is 1.70. The minimum Gasteiger partial charge on any atom is -0.443 e. The van der Waals surface area contributed by atoms with Crippen LogP contribution >= 0.6 is 0 Å². The van der Waals surface area contributed by atoms with E-state index >= 15 is 0 Å². The summed E-state index contributed by atoms with van der Waals surface area (Å²) in [7, 11) is 0. The molecule has 1 fully saturated rings. The molecule has 0 radical (unpaired) electrons. The molecule has 1 aliphatic rings. The minimum absolute atomic E-state index is 0.0996. The van der Waals surface area contributed by atoms with Crippen LogP contribution in [0.2, 0.25) is 0 Å². The maximum atomic E-state index is 12.5. The van der Waals surface area contributed by atoms with Crippen LogP contribution < -0.4 is 0 Å². The summed E-state index contributed by atoms with van der Waals surface area (Å²) < 4.78 is 10.7. The molecule has 2 aromatic rings. The van der Waals surface area contributed by atoms with Crippen LogP contribution in [-0.2, 0) is 22.7 Å². The standard InChI is InChI=1S/C21H24N2O5/c1-16(24)19-12-22(20(25)27-14-17-8-4-2-5-9-17)23(13-19)21(26)28-15-18-10-6-3-7-11-18/h2-11,16,19,24H,12-15H2,1H3. The van der Waals surface area contributed by atoms with Gasteiger partial charge in [0.25, 0.3) is 0 Å². The van der Waals surface area contributed by atoms with Crippen LogP contribution in [0.15, 0.2) is 60.7 Å². The number of aliphatic hydroxyl groups is 1. The van der Waals surface area contributed by atoms with Crippen molar-refractivity contribution in [1.29, 1.82) is 0 Å². The highest BCUT2D eigenvalue weighted by atomic mass is 16.6. The number of hydrogen-bond donors (Lipinski definition) is 1. The van der Waals surface area contributed by atoms with Crippen molar-refractivity contribution in [3.05, 3.63) is 71.8 Å². The van der Waals surface area contributed by atoms with Gasteiger partial charge in [-0.15, -0.1) is 0 Å². The van der Waals surface area contributed by atoms with Gasteiger partial charge in [0.1, 0.15) is 13.2 Å². The first kappa shape index (κ1) is 19.7. The molecule has 2 aromatic carbocycles. The molecule has 1 aliphatic heterocycles. The molecule has 7 nitrogen and oxygen atoms in total. The third-order valence-corrected chi connectivity index (χ3v) is 4.62. The van der Waals surface area contributed by atoms with Gasteiger partial charge in [-0.1, -0.05) is 60.7 Å². The first-order valence-corrected chi connectivity index (χ1v) is 9.19. The number of benzene rings is 2. The number of ether oxygens (including phenoxy) is 2. The molecule has 0 aliphatic carbocycles. The van der Waals surface area contributed by atoms with Gasteiger partial charge in [-0.3, -0.25) is 0 Å². The highest BCUT2D eigenvalue weighted by Crippen LogP contribution is 2.22. The van der Waals surface area contributed by atoms with E-state index in [9.17, 15) is 14.7 Å². The lowest BCUT2D eigenvalue weighted by Gasteiger charge is -2.26. The fourth-order valence-electron chi connectivity index (χ4n) is 2.94. The van der Waals surface area contributed by atoms with Gasteiger partial charge in [-0.2, -0.15) is 0 Å². The second-order valence-electron chi connectivity index (χ2n) is 6.75.